The number of hydrogen-bond donors (Lipinski definition) is 2. The van der Waals surface area contributed by atoms with Crippen LogP contribution in [0.2, 0.25) is 0 Å². The van der Waals surface area contributed by atoms with Gasteiger partial charge < -0.3 is 14.9 Å². The molecule has 38 heavy (non-hydrogen) atoms. The zero-order valence-corrected chi connectivity index (χ0v) is 23.8. The standard InChI is InChI=1S/C30H38BrNO6/c1-3-18(14-20-15-21(31)10-11-24(20)33)9-12-25-27-19(4-2)16-22-28(23(27)17-38-25)30(37)32(29(22)36)13-7-5-6-8-26(34)35/h10-11,14-15,22-23,25,28,33H,3-9,12-13,16-17H2,1-2H3,(H,34,35)/b18-14+/t22-,23+,25-,28-/m1/s1. The molecule has 1 aromatic rings. The number of carbonyl (C=O) groups is 3. The third kappa shape index (κ3) is 6.07. The first-order chi connectivity index (χ1) is 18.2. The fourth-order valence-electron chi connectivity index (χ4n) is 6.35. The smallest absolute Gasteiger partial charge is 0.303 e. The van der Waals surface area contributed by atoms with E-state index in [4.69, 9.17) is 9.84 Å². The molecule has 0 aromatic heterocycles. The summed E-state index contributed by atoms with van der Waals surface area (Å²) in [6, 6.07) is 5.41. The van der Waals surface area contributed by atoms with Gasteiger partial charge in [-0.15, -0.1) is 0 Å². The molecule has 8 heteroatoms. The number of phenols is 1. The Labute approximate surface area is 233 Å². The van der Waals surface area contributed by atoms with Crippen LogP contribution in [0.3, 0.4) is 0 Å². The summed E-state index contributed by atoms with van der Waals surface area (Å²) in [5.41, 5.74) is 4.50. The highest BCUT2D eigenvalue weighted by molar-refractivity contribution is 9.10. The molecule has 1 aliphatic carbocycles. The monoisotopic (exact) mass is 587 g/mol. The molecular weight excluding hydrogens is 550 g/mol. The normalized spacial score (nSPS) is 25.2. The van der Waals surface area contributed by atoms with Crippen molar-refractivity contribution in [2.75, 3.05) is 13.2 Å². The molecule has 4 atom stereocenters. The molecule has 206 valence electrons. The van der Waals surface area contributed by atoms with Crippen molar-refractivity contribution in [1.82, 2.24) is 4.90 Å². The van der Waals surface area contributed by atoms with Crippen molar-refractivity contribution in [2.24, 2.45) is 17.8 Å². The Balaban J connectivity index is 1.44. The van der Waals surface area contributed by atoms with Crippen LogP contribution in [0.5, 0.6) is 5.75 Å². The minimum atomic E-state index is -0.821. The Kier molecular flexibility index (Phi) is 9.47. The first-order valence-corrected chi connectivity index (χ1v) is 14.6. The van der Waals surface area contributed by atoms with Gasteiger partial charge in [0.15, 0.2) is 0 Å². The predicted molar refractivity (Wildman–Crippen MR) is 148 cm³/mol. The number of fused-ring (bicyclic) bond motifs is 3. The number of phenolic OH excluding ortho intramolecular Hbond substituents is 1. The minimum Gasteiger partial charge on any atom is -0.507 e. The summed E-state index contributed by atoms with van der Waals surface area (Å²) >= 11 is 3.47. The van der Waals surface area contributed by atoms with Crippen LogP contribution in [0.1, 0.15) is 77.2 Å². The number of likely N-dealkylation sites (tertiary alicyclic amines) is 1. The average molecular weight is 589 g/mol. The maximum Gasteiger partial charge on any atom is 0.303 e. The molecule has 2 fully saturated rings. The van der Waals surface area contributed by atoms with E-state index < -0.39 is 5.97 Å². The van der Waals surface area contributed by atoms with Crippen LogP contribution in [-0.4, -0.2) is 52.2 Å². The third-order valence-corrected chi connectivity index (χ3v) is 8.82. The van der Waals surface area contributed by atoms with Gasteiger partial charge in [-0.2, -0.15) is 0 Å². The largest absolute Gasteiger partial charge is 0.507 e. The summed E-state index contributed by atoms with van der Waals surface area (Å²) in [5.74, 6) is -1.43. The number of hydrogen-bond acceptors (Lipinski definition) is 5. The van der Waals surface area contributed by atoms with Crippen molar-refractivity contribution in [3.63, 3.8) is 0 Å². The van der Waals surface area contributed by atoms with Crippen LogP contribution in [0.25, 0.3) is 6.08 Å². The molecule has 0 unspecified atom stereocenters. The summed E-state index contributed by atoms with van der Waals surface area (Å²) < 4.78 is 7.22. The first kappa shape index (κ1) is 28.6. The lowest BCUT2D eigenvalue weighted by atomic mass is 9.69. The molecular formula is C30H38BrNO6. The molecule has 0 spiro atoms. The average Bonchev–Trinajstić information content (AvgIpc) is 3.42. The van der Waals surface area contributed by atoms with E-state index in [1.807, 2.05) is 18.2 Å². The Hall–Kier alpha value is -2.45. The number of unbranched alkanes of at least 4 members (excludes halogenated alkanes) is 2. The number of benzene rings is 1. The minimum absolute atomic E-state index is 0.0506. The molecule has 0 bridgehead atoms. The van der Waals surface area contributed by atoms with Crippen LogP contribution in [0.4, 0.5) is 0 Å². The van der Waals surface area contributed by atoms with E-state index >= 15 is 0 Å². The number of rotatable bonds is 12. The second-order valence-corrected chi connectivity index (χ2v) is 11.5. The summed E-state index contributed by atoms with van der Waals surface area (Å²) in [7, 11) is 0. The topological polar surface area (TPSA) is 104 Å². The highest BCUT2D eigenvalue weighted by atomic mass is 79.9. The fourth-order valence-corrected chi connectivity index (χ4v) is 6.73. The number of aliphatic carboxylic acids is 1. The van der Waals surface area contributed by atoms with Gasteiger partial charge >= 0.3 is 5.97 Å². The second-order valence-electron chi connectivity index (χ2n) is 10.6. The van der Waals surface area contributed by atoms with E-state index in [1.54, 1.807) is 6.07 Å². The molecule has 2 aliphatic heterocycles. The maximum absolute atomic E-state index is 13.4. The molecule has 2 N–H and O–H groups in total. The van der Waals surface area contributed by atoms with E-state index in [2.05, 4.69) is 29.8 Å². The molecule has 0 saturated carbocycles. The van der Waals surface area contributed by atoms with Crippen molar-refractivity contribution in [1.29, 1.82) is 0 Å². The third-order valence-electron chi connectivity index (χ3n) is 8.33. The highest BCUT2D eigenvalue weighted by Gasteiger charge is 2.56. The van der Waals surface area contributed by atoms with E-state index in [9.17, 15) is 19.5 Å². The van der Waals surface area contributed by atoms with Crippen LogP contribution in [0, 0.1) is 17.8 Å². The summed E-state index contributed by atoms with van der Waals surface area (Å²) in [6.45, 7) is 5.06. The number of allylic oxidation sites excluding steroid dienone is 2. The number of carboxylic acids is 1. The predicted octanol–water partition coefficient (Wildman–Crippen LogP) is 6.10. The number of halogens is 1. The zero-order valence-electron chi connectivity index (χ0n) is 22.2. The first-order valence-electron chi connectivity index (χ1n) is 13.8. The molecule has 2 amide bonds. The molecule has 2 saturated heterocycles. The molecule has 7 nitrogen and oxygen atoms in total. The number of ether oxygens (including phenoxy) is 1. The van der Waals surface area contributed by atoms with Gasteiger partial charge in [0.2, 0.25) is 11.8 Å². The summed E-state index contributed by atoms with van der Waals surface area (Å²) in [4.78, 5) is 38.9. The van der Waals surface area contributed by atoms with Crippen LogP contribution >= 0.6 is 15.9 Å². The number of aromatic hydroxyl groups is 1. The van der Waals surface area contributed by atoms with Crippen LogP contribution < -0.4 is 0 Å². The van der Waals surface area contributed by atoms with Crippen LogP contribution in [-0.2, 0) is 19.1 Å². The second kappa shape index (κ2) is 12.6. The summed E-state index contributed by atoms with van der Waals surface area (Å²) in [6.07, 6.45) is 7.92. The van der Waals surface area contributed by atoms with Gasteiger partial charge in [0.1, 0.15) is 5.75 Å². The molecule has 1 aromatic carbocycles. The van der Waals surface area contributed by atoms with Gasteiger partial charge in [-0.3, -0.25) is 19.3 Å². The maximum atomic E-state index is 13.4. The lowest BCUT2D eigenvalue weighted by Gasteiger charge is -2.31. The highest BCUT2D eigenvalue weighted by Crippen LogP contribution is 2.50. The van der Waals surface area contributed by atoms with E-state index in [1.165, 1.54) is 21.6 Å². The molecule has 0 radical (unpaired) electrons. The number of carboxylic acid groups (broad SMARTS) is 1. The molecule has 2 heterocycles. The van der Waals surface area contributed by atoms with Crippen molar-refractivity contribution in [2.45, 2.75) is 77.7 Å². The SMILES string of the molecule is CCC1=C2[C@@H](CC/C(=C/c3cc(Br)ccc3O)CC)OC[C@@H]2[C@@H]2C(=O)N(CCCCCC(=O)O)C(=O)[C@@H]2C1. The Morgan fingerprint density at radius 3 is 2.63 bits per heavy atom. The van der Waals surface area contributed by atoms with Gasteiger partial charge in [-0.1, -0.05) is 53.4 Å². The quantitative estimate of drug-likeness (QED) is 0.174. The Morgan fingerprint density at radius 1 is 1.13 bits per heavy atom. The van der Waals surface area contributed by atoms with Crippen molar-refractivity contribution < 1.29 is 29.3 Å². The van der Waals surface area contributed by atoms with Gasteiger partial charge in [0.05, 0.1) is 24.5 Å². The molecule has 3 aliphatic rings. The Morgan fingerprint density at radius 2 is 1.92 bits per heavy atom. The van der Waals surface area contributed by atoms with E-state index in [-0.39, 0.29) is 47.8 Å². The van der Waals surface area contributed by atoms with Gasteiger partial charge in [0.25, 0.3) is 0 Å². The van der Waals surface area contributed by atoms with Crippen molar-refractivity contribution >= 4 is 39.8 Å². The van der Waals surface area contributed by atoms with Gasteiger partial charge in [-0.05, 0) is 68.7 Å². The zero-order chi connectivity index (χ0) is 27.4. The lowest BCUT2D eigenvalue weighted by Crippen LogP contribution is -2.34. The van der Waals surface area contributed by atoms with Crippen LogP contribution in [0.15, 0.2) is 39.4 Å². The summed E-state index contributed by atoms with van der Waals surface area (Å²) in [5, 5.41) is 19.1. The Bertz CT molecular complexity index is 1140. The van der Waals surface area contributed by atoms with Crippen molar-refractivity contribution in [3.8, 4) is 5.75 Å². The van der Waals surface area contributed by atoms with E-state index in [0.29, 0.717) is 38.8 Å². The fraction of sp³-hybridized carbons (Fsp3) is 0.567. The van der Waals surface area contributed by atoms with Gasteiger partial charge in [-0.25, -0.2) is 0 Å². The van der Waals surface area contributed by atoms with Gasteiger partial charge in [0, 0.05) is 28.9 Å². The number of amides is 2. The van der Waals surface area contributed by atoms with Crippen molar-refractivity contribution in [3.05, 3.63) is 45.0 Å². The molecule has 4 rings (SSSR count). The van der Waals surface area contributed by atoms with E-state index in [0.717, 1.165) is 35.7 Å². The number of nitrogens with zero attached hydrogens (tertiary/aromatic N) is 1. The lowest BCUT2D eigenvalue weighted by molar-refractivity contribution is -0.141. The number of imide groups is 1. The number of carbonyl (C=O) groups excluding carboxylic acids is 2.